The molecule has 0 atom stereocenters. The van der Waals surface area contributed by atoms with Gasteiger partial charge in [-0.3, -0.25) is 0 Å². The highest BCUT2D eigenvalue weighted by atomic mass is 35.5. The number of hydrogen-bond donors (Lipinski definition) is 0. The Hall–Kier alpha value is -0.960. The molecule has 19 heavy (non-hydrogen) atoms. The molecule has 1 aromatic heterocycles. The van der Waals surface area contributed by atoms with Crippen molar-refractivity contribution in [1.82, 2.24) is 4.98 Å². The first-order valence-corrected chi connectivity index (χ1v) is 6.95. The van der Waals surface area contributed by atoms with Crippen molar-refractivity contribution in [3.63, 3.8) is 0 Å². The Morgan fingerprint density at radius 2 is 1.79 bits per heavy atom. The molecule has 0 aliphatic carbocycles. The predicted molar refractivity (Wildman–Crippen MR) is 79.4 cm³/mol. The van der Waals surface area contributed by atoms with Gasteiger partial charge in [0.05, 0.1) is 10.7 Å². The number of hydrogen-bond acceptors (Lipinski definition) is 2. The summed E-state index contributed by atoms with van der Waals surface area (Å²) in [6.45, 7) is 2.31. The molecule has 0 N–H and O–H groups in total. The number of pyridine rings is 1. The molecule has 1 heterocycles. The SMILES string of the molecule is CCc1cc(OCc2nc(Cl)ccc2Cl)ccc1Cl. The third-order valence-electron chi connectivity index (χ3n) is 2.66. The first-order chi connectivity index (χ1) is 9.10. The Morgan fingerprint density at radius 3 is 2.53 bits per heavy atom. The van der Waals surface area contributed by atoms with Crippen LogP contribution >= 0.6 is 34.8 Å². The molecule has 0 radical (unpaired) electrons. The summed E-state index contributed by atoms with van der Waals surface area (Å²) in [5.41, 5.74) is 1.66. The second-order valence-corrected chi connectivity index (χ2v) is 5.16. The fraction of sp³-hybridized carbons (Fsp3) is 0.214. The highest BCUT2D eigenvalue weighted by Gasteiger charge is 2.06. The zero-order valence-electron chi connectivity index (χ0n) is 10.3. The average molecular weight is 317 g/mol. The molecule has 2 nitrogen and oxygen atoms in total. The molecule has 0 spiro atoms. The summed E-state index contributed by atoms with van der Waals surface area (Å²) >= 11 is 17.9. The van der Waals surface area contributed by atoms with Crippen LogP contribution in [-0.4, -0.2) is 4.98 Å². The number of ether oxygens (including phenoxy) is 1. The Kier molecular flexibility index (Phi) is 4.92. The molecule has 2 aromatic rings. The van der Waals surface area contributed by atoms with Gasteiger partial charge in [-0.25, -0.2) is 4.98 Å². The van der Waals surface area contributed by atoms with E-state index in [1.165, 1.54) is 0 Å². The molecule has 5 heteroatoms. The Labute approximate surface area is 127 Å². The minimum Gasteiger partial charge on any atom is -0.487 e. The van der Waals surface area contributed by atoms with Crippen LogP contribution in [0.4, 0.5) is 0 Å². The number of halogens is 3. The minimum atomic E-state index is 0.268. The first-order valence-electron chi connectivity index (χ1n) is 5.82. The Morgan fingerprint density at radius 1 is 1.05 bits per heavy atom. The maximum atomic E-state index is 6.05. The van der Waals surface area contributed by atoms with Gasteiger partial charge in [0.2, 0.25) is 0 Å². The third-order valence-corrected chi connectivity index (χ3v) is 3.58. The van der Waals surface area contributed by atoms with Crippen molar-refractivity contribution in [2.24, 2.45) is 0 Å². The lowest BCUT2D eigenvalue weighted by atomic mass is 10.1. The van der Waals surface area contributed by atoms with Gasteiger partial charge < -0.3 is 4.74 Å². The molecule has 0 bridgehead atoms. The number of aryl methyl sites for hydroxylation is 1. The molecule has 0 aliphatic rings. The van der Waals surface area contributed by atoms with Crippen LogP contribution in [0.2, 0.25) is 15.2 Å². The number of rotatable bonds is 4. The topological polar surface area (TPSA) is 22.1 Å². The van der Waals surface area contributed by atoms with Gasteiger partial charge in [-0.2, -0.15) is 0 Å². The quantitative estimate of drug-likeness (QED) is 0.725. The van der Waals surface area contributed by atoms with Crippen molar-refractivity contribution in [2.45, 2.75) is 20.0 Å². The van der Waals surface area contributed by atoms with E-state index in [4.69, 9.17) is 39.5 Å². The first kappa shape index (κ1) is 14.4. The monoisotopic (exact) mass is 315 g/mol. The van der Waals surface area contributed by atoms with Crippen molar-refractivity contribution in [1.29, 1.82) is 0 Å². The highest BCUT2D eigenvalue weighted by Crippen LogP contribution is 2.24. The molecule has 1 aromatic carbocycles. The Balaban J connectivity index is 2.12. The lowest BCUT2D eigenvalue weighted by molar-refractivity contribution is 0.301. The second kappa shape index (κ2) is 6.47. The van der Waals surface area contributed by atoms with Gasteiger partial charge in [0, 0.05) is 5.02 Å². The molecular formula is C14H12Cl3NO. The van der Waals surface area contributed by atoms with Gasteiger partial charge >= 0.3 is 0 Å². The van der Waals surface area contributed by atoms with Crippen LogP contribution in [0.3, 0.4) is 0 Å². The highest BCUT2D eigenvalue weighted by molar-refractivity contribution is 6.32. The zero-order valence-corrected chi connectivity index (χ0v) is 12.6. The average Bonchev–Trinajstić information content (AvgIpc) is 2.41. The van der Waals surface area contributed by atoms with Crippen LogP contribution in [-0.2, 0) is 13.0 Å². The summed E-state index contributed by atoms with van der Waals surface area (Å²) in [4.78, 5) is 4.13. The largest absolute Gasteiger partial charge is 0.487 e. The molecule has 0 saturated heterocycles. The zero-order chi connectivity index (χ0) is 13.8. The number of aromatic nitrogens is 1. The second-order valence-electron chi connectivity index (χ2n) is 3.96. The minimum absolute atomic E-state index is 0.268. The van der Waals surface area contributed by atoms with E-state index in [-0.39, 0.29) is 6.61 Å². The summed E-state index contributed by atoms with van der Waals surface area (Å²) in [6.07, 6.45) is 0.853. The summed E-state index contributed by atoms with van der Waals surface area (Å²) < 4.78 is 5.66. The van der Waals surface area contributed by atoms with Crippen molar-refractivity contribution in [2.75, 3.05) is 0 Å². The predicted octanol–water partition coefficient (Wildman–Crippen LogP) is 5.18. The van der Waals surface area contributed by atoms with Crippen LogP contribution in [0.25, 0.3) is 0 Å². The summed E-state index contributed by atoms with van der Waals surface area (Å²) in [5, 5.41) is 1.68. The van der Waals surface area contributed by atoms with Crippen LogP contribution in [0.5, 0.6) is 5.75 Å². The van der Waals surface area contributed by atoms with E-state index in [1.54, 1.807) is 12.1 Å². The molecule has 2 rings (SSSR count). The van der Waals surface area contributed by atoms with Crippen molar-refractivity contribution in [3.05, 3.63) is 56.8 Å². The molecule has 0 unspecified atom stereocenters. The van der Waals surface area contributed by atoms with Gasteiger partial charge in [-0.15, -0.1) is 0 Å². The van der Waals surface area contributed by atoms with Crippen LogP contribution < -0.4 is 4.74 Å². The standard InChI is InChI=1S/C14H12Cl3NO/c1-2-9-7-10(3-4-11(9)15)19-8-13-12(16)5-6-14(17)18-13/h3-7H,2,8H2,1H3. The van der Waals surface area contributed by atoms with E-state index in [0.717, 1.165) is 22.8 Å². The van der Waals surface area contributed by atoms with Crippen LogP contribution in [0.15, 0.2) is 30.3 Å². The number of benzene rings is 1. The fourth-order valence-electron chi connectivity index (χ4n) is 1.62. The van der Waals surface area contributed by atoms with Crippen molar-refractivity contribution in [3.8, 4) is 5.75 Å². The van der Waals surface area contributed by atoms with Gasteiger partial charge in [-0.1, -0.05) is 41.7 Å². The summed E-state index contributed by atoms with van der Waals surface area (Å²) in [5.74, 6) is 0.735. The molecule has 0 aliphatic heterocycles. The van der Waals surface area contributed by atoms with Crippen molar-refractivity contribution < 1.29 is 4.74 Å². The Bertz CT molecular complexity index is 587. The summed E-state index contributed by atoms with van der Waals surface area (Å²) in [7, 11) is 0. The molecular weight excluding hydrogens is 305 g/mol. The van der Waals surface area contributed by atoms with Crippen molar-refractivity contribution >= 4 is 34.8 Å². The molecule has 0 amide bonds. The van der Waals surface area contributed by atoms with E-state index in [9.17, 15) is 0 Å². The maximum Gasteiger partial charge on any atom is 0.132 e. The van der Waals surface area contributed by atoms with Gasteiger partial charge in [0.25, 0.3) is 0 Å². The molecule has 0 saturated carbocycles. The lowest BCUT2D eigenvalue weighted by Crippen LogP contribution is -2.00. The van der Waals surface area contributed by atoms with Gasteiger partial charge in [0.15, 0.2) is 0 Å². The van der Waals surface area contributed by atoms with E-state index >= 15 is 0 Å². The van der Waals surface area contributed by atoms with Gasteiger partial charge in [0.1, 0.15) is 17.5 Å². The maximum absolute atomic E-state index is 6.05. The van der Waals surface area contributed by atoms with Crippen LogP contribution in [0, 0.1) is 0 Å². The van der Waals surface area contributed by atoms with E-state index in [2.05, 4.69) is 4.98 Å². The molecule has 0 fully saturated rings. The van der Waals surface area contributed by atoms with E-state index in [1.807, 2.05) is 25.1 Å². The van der Waals surface area contributed by atoms with Crippen LogP contribution in [0.1, 0.15) is 18.2 Å². The van der Waals surface area contributed by atoms with E-state index < -0.39 is 0 Å². The van der Waals surface area contributed by atoms with Gasteiger partial charge in [-0.05, 0) is 42.3 Å². The smallest absolute Gasteiger partial charge is 0.132 e. The normalized spacial score (nSPS) is 10.5. The van der Waals surface area contributed by atoms with E-state index in [0.29, 0.717) is 15.9 Å². The number of nitrogens with zero attached hydrogens (tertiary/aromatic N) is 1. The fourth-order valence-corrected chi connectivity index (χ4v) is 2.20. The lowest BCUT2D eigenvalue weighted by Gasteiger charge is -2.09. The third kappa shape index (κ3) is 3.75. The molecule has 100 valence electrons. The summed E-state index contributed by atoms with van der Waals surface area (Å²) in [6, 6.07) is 8.91.